The fourth-order valence-electron chi connectivity index (χ4n) is 4.20. The lowest BCUT2D eigenvalue weighted by Crippen LogP contribution is -2.29. The summed E-state index contributed by atoms with van der Waals surface area (Å²) in [6, 6.07) is 10.3. The number of fused-ring (bicyclic) bond motifs is 1. The predicted octanol–water partition coefficient (Wildman–Crippen LogP) is 6.77. The van der Waals surface area contributed by atoms with E-state index in [0.29, 0.717) is 43.8 Å². The van der Waals surface area contributed by atoms with Crippen LogP contribution in [0.3, 0.4) is 0 Å². The third kappa shape index (κ3) is 6.18. The average Bonchev–Trinajstić information content (AvgIpc) is 3.20. The van der Waals surface area contributed by atoms with Crippen molar-refractivity contribution in [1.29, 1.82) is 0 Å². The van der Waals surface area contributed by atoms with E-state index < -0.39 is 40.9 Å². The molecular weight excluding hydrogens is 534 g/mol. The van der Waals surface area contributed by atoms with Crippen LogP contribution in [0.25, 0.3) is 0 Å². The molecule has 1 aliphatic heterocycles. The van der Waals surface area contributed by atoms with Crippen molar-refractivity contribution in [1.82, 2.24) is 4.90 Å². The van der Waals surface area contributed by atoms with E-state index in [9.17, 15) is 35.9 Å². The van der Waals surface area contributed by atoms with Crippen LogP contribution in [0.4, 0.5) is 31.3 Å². The van der Waals surface area contributed by atoms with E-state index in [1.807, 2.05) is 30.3 Å². The maximum absolute atomic E-state index is 13.3. The molecule has 1 aromatic heterocycles. The lowest BCUT2D eigenvalue weighted by Gasteiger charge is -2.27. The highest BCUT2D eigenvalue weighted by atomic mass is 32.1. The third-order valence-corrected chi connectivity index (χ3v) is 7.07. The Morgan fingerprint density at radius 2 is 1.63 bits per heavy atom. The van der Waals surface area contributed by atoms with Gasteiger partial charge in [0, 0.05) is 30.1 Å². The summed E-state index contributed by atoms with van der Waals surface area (Å²) in [5.41, 5.74) is -2.25. The molecule has 1 amide bonds. The Labute approximate surface area is 218 Å². The van der Waals surface area contributed by atoms with Crippen molar-refractivity contribution in [2.75, 3.05) is 18.5 Å². The fourth-order valence-corrected chi connectivity index (χ4v) is 5.47. The number of hydrogen-bond donors (Lipinski definition) is 1. The molecule has 0 spiro atoms. The molecule has 0 aliphatic carbocycles. The maximum atomic E-state index is 13.3. The largest absolute Gasteiger partial charge is 0.462 e. The van der Waals surface area contributed by atoms with Gasteiger partial charge in [0.15, 0.2) is 0 Å². The van der Waals surface area contributed by atoms with E-state index in [4.69, 9.17) is 4.74 Å². The number of nitrogens with zero attached hydrogens (tertiary/aromatic N) is 1. The van der Waals surface area contributed by atoms with Crippen molar-refractivity contribution in [3.05, 3.63) is 86.8 Å². The van der Waals surface area contributed by atoms with Crippen molar-refractivity contribution in [2.45, 2.75) is 38.8 Å². The minimum atomic E-state index is -5.10. The fraction of sp³-hybridized carbons (Fsp3) is 0.308. The summed E-state index contributed by atoms with van der Waals surface area (Å²) < 4.78 is 84.7. The number of thiophene rings is 1. The van der Waals surface area contributed by atoms with Gasteiger partial charge in [0.1, 0.15) is 5.00 Å². The third-order valence-electron chi connectivity index (χ3n) is 5.94. The summed E-state index contributed by atoms with van der Waals surface area (Å²) >= 11 is 1.05. The van der Waals surface area contributed by atoms with Crippen LogP contribution in [0.1, 0.15) is 54.8 Å². The zero-order valence-electron chi connectivity index (χ0n) is 20.0. The normalized spacial score (nSPS) is 14.2. The molecule has 0 radical (unpaired) electrons. The van der Waals surface area contributed by atoms with Crippen molar-refractivity contribution in [3.8, 4) is 0 Å². The second-order valence-electron chi connectivity index (χ2n) is 8.62. The zero-order valence-corrected chi connectivity index (χ0v) is 20.8. The second kappa shape index (κ2) is 10.8. The van der Waals surface area contributed by atoms with Gasteiger partial charge >= 0.3 is 18.3 Å². The van der Waals surface area contributed by atoms with Crippen LogP contribution < -0.4 is 5.32 Å². The first kappa shape index (κ1) is 27.6. The molecule has 0 unspecified atom stereocenters. The number of nitrogens with one attached hydrogen (secondary N) is 1. The molecule has 12 heteroatoms. The van der Waals surface area contributed by atoms with E-state index in [-0.39, 0.29) is 23.2 Å². The zero-order chi connectivity index (χ0) is 27.7. The van der Waals surface area contributed by atoms with E-state index >= 15 is 0 Å². The number of alkyl halides is 6. The van der Waals surface area contributed by atoms with Gasteiger partial charge in [-0.25, -0.2) is 4.79 Å². The van der Waals surface area contributed by atoms with Crippen molar-refractivity contribution < 1.29 is 40.7 Å². The van der Waals surface area contributed by atoms with E-state index in [0.717, 1.165) is 21.8 Å². The first-order valence-electron chi connectivity index (χ1n) is 11.6. The van der Waals surface area contributed by atoms with Crippen molar-refractivity contribution in [3.63, 3.8) is 0 Å². The number of carbonyl (C=O) groups excluding carboxylic acids is 2. The van der Waals surface area contributed by atoms with E-state index in [1.165, 1.54) is 0 Å². The maximum Gasteiger partial charge on any atom is 0.416 e. The molecule has 4 rings (SSSR count). The van der Waals surface area contributed by atoms with Gasteiger partial charge in [-0.15, -0.1) is 11.3 Å². The summed E-state index contributed by atoms with van der Waals surface area (Å²) in [5.74, 6) is -1.93. The highest BCUT2D eigenvalue weighted by Crippen LogP contribution is 2.40. The molecule has 202 valence electrons. The molecule has 0 saturated heterocycles. The van der Waals surface area contributed by atoms with Gasteiger partial charge in [0.2, 0.25) is 0 Å². The summed E-state index contributed by atoms with van der Waals surface area (Å²) in [6.45, 7) is 3.32. The van der Waals surface area contributed by atoms with Gasteiger partial charge in [0.05, 0.1) is 23.3 Å². The molecule has 5 nitrogen and oxygen atoms in total. The van der Waals surface area contributed by atoms with Crippen LogP contribution in [0.2, 0.25) is 0 Å². The van der Waals surface area contributed by atoms with Crippen LogP contribution in [0.15, 0.2) is 48.5 Å². The Balaban J connectivity index is 1.66. The highest BCUT2D eigenvalue weighted by molar-refractivity contribution is 7.17. The van der Waals surface area contributed by atoms with E-state index in [1.54, 1.807) is 6.92 Å². The smallest absolute Gasteiger partial charge is 0.416 e. The summed E-state index contributed by atoms with van der Waals surface area (Å²) in [5, 5.41) is 2.39. The SMILES string of the molecule is CCOC(=O)c1c(NC(=O)c2cc(C(F)(F)F)cc(C(F)(F)F)c2)sc2c1CCN(Cc1ccccc1)C2. The Kier molecular flexibility index (Phi) is 7.84. The lowest BCUT2D eigenvalue weighted by molar-refractivity contribution is -0.143. The Morgan fingerprint density at radius 1 is 1.00 bits per heavy atom. The molecule has 0 bridgehead atoms. The second-order valence-corrected chi connectivity index (χ2v) is 9.73. The van der Waals surface area contributed by atoms with Gasteiger partial charge in [-0.1, -0.05) is 30.3 Å². The molecule has 0 saturated carbocycles. The van der Waals surface area contributed by atoms with Crippen LogP contribution in [0, 0.1) is 0 Å². The van der Waals surface area contributed by atoms with Crippen LogP contribution in [0.5, 0.6) is 0 Å². The number of hydrogen-bond acceptors (Lipinski definition) is 5. The van der Waals surface area contributed by atoms with E-state index in [2.05, 4.69) is 10.2 Å². The van der Waals surface area contributed by atoms with Crippen molar-refractivity contribution in [2.24, 2.45) is 0 Å². The lowest BCUT2D eigenvalue weighted by atomic mass is 10.0. The molecule has 1 aliphatic rings. The Morgan fingerprint density at radius 3 is 2.21 bits per heavy atom. The Bertz CT molecular complexity index is 1300. The number of esters is 1. The molecule has 2 heterocycles. The number of rotatable bonds is 6. The number of ether oxygens (including phenoxy) is 1. The molecular formula is C26H22F6N2O3S. The molecule has 3 aromatic rings. The summed E-state index contributed by atoms with van der Waals surface area (Å²) in [6.07, 6.45) is -9.75. The monoisotopic (exact) mass is 556 g/mol. The molecule has 2 aromatic carbocycles. The number of benzene rings is 2. The van der Waals surface area contributed by atoms with Gasteiger partial charge < -0.3 is 10.1 Å². The standard InChI is InChI=1S/C26H22F6N2O3S/c1-2-37-24(36)21-19-8-9-34(13-15-6-4-3-5-7-15)14-20(19)38-23(21)33-22(35)16-10-17(25(27,28)29)12-18(11-16)26(30,31)32/h3-7,10-12H,2,8-9,13-14H2,1H3,(H,33,35). The van der Waals surface area contributed by atoms with Crippen molar-refractivity contribution >= 4 is 28.2 Å². The molecule has 38 heavy (non-hydrogen) atoms. The highest BCUT2D eigenvalue weighted by Gasteiger charge is 2.38. The Hall–Kier alpha value is -3.38. The number of halogens is 6. The van der Waals surface area contributed by atoms with Gasteiger partial charge in [-0.3, -0.25) is 9.69 Å². The average molecular weight is 557 g/mol. The minimum Gasteiger partial charge on any atom is -0.462 e. The number of carbonyl (C=O) groups is 2. The van der Waals surface area contributed by atoms with Crippen LogP contribution in [-0.2, 0) is 36.6 Å². The minimum absolute atomic E-state index is 0.0194. The first-order valence-corrected chi connectivity index (χ1v) is 12.4. The molecule has 0 atom stereocenters. The summed E-state index contributed by atoms with van der Waals surface area (Å²) in [7, 11) is 0. The van der Waals surface area contributed by atoms with Gasteiger partial charge in [-0.2, -0.15) is 26.3 Å². The topological polar surface area (TPSA) is 58.6 Å². The number of anilines is 1. The molecule has 1 N–H and O–H groups in total. The predicted molar refractivity (Wildman–Crippen MR) is 129 cm³/mol. The van der Waals surface area contributed by atoms with Gasteiger partial charge in [0.25, 0.3) is 5.91 Å². The van der Waals surface area contributed by atoms with Crippen LogP contribution >= 0.6 is 11.3 Å². The summed E-state index contributed by atoms with van der Waals surface area (Å²) in [4.78, 5) is 28.6. The number of amides is 1. The quantitative estimate of drug-likeness (QED) is 0.269. The van der Waals surface area contributed by atoms with Gasteiger partial charge in [-0.05, 0) is 42.7 Å². The first-order chi connectivity index (χ1) is 17.9. The molecule has 0 fully saturated rings. The van der Waals surface area contributed by atoms with Crippen LogP contribution in [-0.4, -0.2) is 29.9 Å².